The smallest absolute Gasteiger partial charge is 0.293 e. The van der Waals surface area contributed by atoms with Crippen molar-refractivity contribution in [3.8, 4) is 5.19 Å². The lowest BCUT2D eigenvalue weighted by molar-refractivity contribution is -0.107. The largest absolute Gasteiger partial charge is 0.466 e. The Labute approximate surface area is 92.8 Å². The Morgan fingerprint density at radius 1 is 1.73 bits per heavy atom. The minimum Gasteiger partial charge on any atom is -0.466 e. The van der Waals surface area contributed by atoms with Crippen molar-refractivity contribution in [1.82, 2.24) is 15.5 Å². The molecule has 1 atom stereocenters. The van der Waals surface area contributed by atoms with Gasteiger partial charge >= 0.3 is 0 Å². The number of ether oxygens (including phenoxy) is 2. The molecule has 1 aliphatic heterocycles. The predicted octanol–water partition coefficient (Wildman–Crippen LogP) is 0.684. The van der Waals surface area contributed by atoms with Crippen LogP contribution in [-0.4, -0.2) is 41.6 Å². The van der Waals surface area contributed by atoms with Crippen molar-refractivity contribution >= 4 is 11.3 Å². The van der Waals surface area contributed by atoms with Gasteiger partial charge < -0.3 is 14.8 Å². The van der Waals surface area contributed by atoms with Crippen molar-refractivity contribution in [2.24, 2.45) is 0 Å². The van der Waals surface area contributed by atoms with E-state index in [1.165, 1.54) is 11.3 Å². The molecule has 1 aliphatic rings. The fraction of sp³-hybridized carbons (Fsp3) is 0.778. The van der Waals surface area contributed by atoms with E-state index in [9.17, 15) is 0 Å². The molecule has 0 aromatic carbocycles. The molecule has 0 radical (unpaired) electrons. The third-order valence-electron chi connectivity index (χ3n) is 2.14. The van der Waals surface area contributed by atoms with Crippen LogP contribution in [0, 0.1) is 0 Å². The summed E-state index contributed by atoms with van der Waals surface area (Å²) in [6, 6.07) is 0. The highest BCUT2D eigenvalue weighted by molar-refractivity contribution is 7.11. The number of aromatic nitrogens is 2. The van der Waals surface area contributed by atoms with E-state index in [-0.39, 0.29) is 11.7 Å². The summed E-state index contributed by atoms with van der Waals surface area (Å²) in [5.74, 6) is 0. The third kappa shape index (κ3) is 3.12. The lowest BCUT2D eigenvalue weighted by atomic mass is 10.1. The third-order valence-corrected chi connectivity index (χ3v) is 2.74. The van der Waals surface area contributed by atoms with E-state index in [0.29, 0.717) is 11.8 Å². The van der Waals surface area contributed by atoms with Gasteiger partial charge in [-0.15, -0.1) is 10.2 Å². The number of hydrogen-bond acceptors (Lipinski definition) is 6. The molecule has 84 valence electrons. The first-order valence-electron chi connectivity index (χ1n) is 4.93. The van der Waals surface area contributed by atoms with Crippen LogP contribution in [0.2, 0.25) is 0 Å². The van der Waals surface area contributed by atoms with Crippen molar-refractivity contribution in [3.05, 3.63) is 5.51 Å². The Kier molecular flexibility index (Phi) is 3.18. The molecule has 1 unspecified atom stereocenters. The van der Waals surface area contributed by atoms with Crippen molar-refractivity contribution in [2.75, 3.05) is 19.7 Å². The Morgan fingerprint density at radius 3 is 3.27 bits per heavy atom. The molecule has 15 heavy (non-hydrogen) atoms. The molecular weight excluding hydrogens is 214 g/mol. The molecule has 1 aromatic heterocycles. The summed E-state index contributed by atoms with van der Waals surface area (Å²) in [5, 5.41) is 11.4. The zero-order chi connectivity index (χ0) is 10.7. The average molecular weight is 229 g/mol. The van der Waals surface area contributed by atoms with Gasteiger partial charge in [0.15, 0.2) is 0 Å². The number of nitrogens with zero attached hydrogens (tertiary/aromatic N) is 2. The molecule has 0 aliphatic carbocycles. The van der Waals surface area contributed by atoms with Crippen LogP contribution < -0.4 is 10.1 Å². The topological polar surface area (TPSA) is 56.3 Å². The fourth-order valence-electron chi connectivity index (χ4n) is 1.55. The molecule has 1 N–H and O–H groups in total. The normalized spacial score (nSPS) is 25.1. The van der Waals surface area contributed by atoms with Gasteiger partial charge in [0.05, 0.1) is 5.60 Å². The van der Waals surface area contributed by atoms with Gasteiger partial charge in [0.1, 0.15) is 18.2 Å². The molecule has 6 heteroatoms. The second kappa shape index (κ2) is 4.42. The number of rotatable bonds is 3. The van der Waals surface area contributed by atoms with E-state index in [1.807, 2.05) is 0 Å². The van der Waals surface area contributed by atoms with Crippen LogP contribution in [0.3, 0.4) is 0 Å². The Hall–Kier alpha value is -0.720. The van der Waals surface area contributed by atoms with Gasteiger partial charge in [-0.3, -0.25) is 0 Å². The second-order valence-corrected chi connectivity index (χ2v) is 4.94. The molecule has 1 aromatic rings. The average Bonchev–Trinajstić information content (AvgIpc) is 2.65. The highest BCUT2D eigenvalue weighted by Crippen LogP contribution is 2.17. The molecule has 1 saturated heterocycles. The van der Waals surface area contributed by atoms with E-state index >= 15 is 0 Å². The number of hydrogen-bond donors (Lipinski definition) is 1. The van der Waals surface area contributed by atoms with Gasteiger partial charge in [-0.25, -0.2) is 0 Å². The first-order chi connectivity index (χ1) is 7.16. The summed E-state index contributed by atoms with van der Waals surface area (Å²) in [5.41, 5.74) is 1.53. The Balaban J connectivity index is 1.80. The minimum atomic E-state index is -0.118. The summed E-state index contributed by atoms with van der Waals surface area (Å²) < 4.78 is 11.3. The van der Waals surface area contributed by atoms with Crippen molar-refractivity contribution in [3.63, 3.8) is 0 Å². The Morgan fingerprint density at radius 2 is 2.60 bits per heavy atom. The molecule has 1 fully saturated rings. The molecule has 2 rings (SSSR count). The van der Waals surface area contributed by atoms with Crippen molar-refractivity contribution in [2.45, 2.75) is 25.6 Å². The lowest BCUT2D eigenvalue weighted by Gasteiger charge is -2.36. The number of morpholine rings is 1. The van der Waals surface area contributed by atoms with E-state index in [2.05, 4.69) is 29.4 Å². The molecular formula is C9H15N3O2S. The zero-order valence-corrected chi connectivity index (χ0v) is 9.71. The van der Waals surface area contributed by atoms with E-state index in [4.69, 9.17) is 9.47 Å². The summed E-state index contributed by atoms with van der Waals surface area (Å²) in [7, 11) is 0. The maximum absolute atomic E-state index is 5.84. The number of nitrogens with one attached hydrogen (secondary N) is 1. The quantitative estimate of drug-likeness (QED) is 0.826. The zero-order valence-electron chi connectivity index (χ0n) is 8.90. The van der Waals surface area contributed by atoms with Crippen molar-refractivity contribution in [1.29, 1.82) is 0 Å². The van der Waals surface area contributed by atoms with Gasteiger partial charge in [-0.1, -0.05) is 11.3 Å². The van der Waals surface area contributed by atoms with E-state index in [0.717, 1.165) is 13.1 Å². The van der Waals surface area contributed by atoms with E-state index < -0.39 is 0 Å². The summed E-state index contributed by atoms with van der Waals surface area (Å²) in [6.07, 6.45) is 0.0812. The van der Waals surface area contributed by atoms with Crippen LogP contribution in [0.15, 0.2) is 5.51 Å². The predicted molar refractivity (Wildman–Crippen MR) is 57.2 cm³/mol. The summed E-state index contributed by atoms with van der Waals surface area (Å²) >= 11 is 1.39. The molecule has 0 bridgehead atoms. The maximum atomic E-state index is 5.84. The Bertz CT molecular complexity index is 302. The standard InChI is InChI=1S/C9H15N3O2S/c1-9(2)5-10-3-7(14-9)4-13-8-12-11-6-15-8/h6-7,10H,3-5H2,1-2H3. The fourth-order valence-corrected chi connectivity index (χ4v) is 1.97. The maximum Gasteiger partial charge on any atom is 0.293 e. The highest BCUT2D eigenvalue weighted by Gasteiger charge is 2.28. The first kappa shape index (κ1) is 10.8. The first-order valence-corrected chi connectivity index (χ1v) is 5.81. The monoisotopic (exact) mass is 229 g/mol. The SMILES string of the molecule is CC1(C)CNCC(COc2nncs2)O1. The van der Waals surface area contributed by atoms with Crippen molar-refractivity contribution < 1.29 is 9.47 Å². The minimum absolute atomic E-state index is 0.0812. The lowest BCUT2D eigenvalue weighted by Crippen LogP contribution is -2.52. The van der Waals surface area contributed by atoms with Gasteiger partial charge in [0.25, 0.3) is 5.19 Å². The molecule has 5 nitrogen and oxygen atoms in total. The van der Waals surface area contributed by atoms with Gasteiger partial charge in [-0.05, 0) is 13.8 Å². The molecule has 2 heterocycles. The summed E-state index contributed by atoms with van der Waals surface area (Å²) in [4.78, 5) is 0. The van der Waals surface area contributed by atoms with Crippen LogP contribution in [0.25, 0.3) is 0 Å². The summed E-state index contributed by atoms with van der Waals surface area (Å²) in [6.45, 7) is 6.35. The molecule has 0 amide bonds. The van der Waals surface area contributed by atoms with Crippen LogP contribution in [0.1, 0.15) is 13.8 Å². The van der Waals surface area contributed by atoms with Crippen LogP contribution in [-0.2, 0) is 4.74 Å². The highest BCUT2D eigenvalue weighted by atomic mass is 32.1. The van der Waals surface area contributed by atoms with Crippen LogP contribution >= 0.6 is 11.3 Å². The van der Waals surface area contributed by atoms with Gasteiger partial charge in [0.2, 0.25) is 0 Å². The van der Waals surface area contributed by atoms with Crippen LogP contribution in [0.4, 0.5) is 0 Å². The second-order valence-electron chi connectivity index (χ2n) is 4.15. The van der Waals surface area contributed by atoms with Crippen LogP contribution in [0.5, 0.6) is 5.19 Å². The van der Waals surface area contributed by atoms with Gasteiger partial charge in [-0.2, -0.15) is 0 Å². The van der Waals surface area contributed by atoms with E-state index in [1.54, 1.807) is 5.51 Å². The van der Waals surface area contributed by atoms with Gasteiger partial charge in [0, 0.05) is 13.1 Å². The molecule has 0 saturated carbocycles. The molecule has 0 spiro atoms.